The minimum Gasteiger partial charge on any atom is -0.456 e. The number of benzene rings is 8. The van der Waals surface area contributed by atoms with E-state index in [1.54, 1.807) is 0 Å². The molecule has 1 N–H and O–H groups in total. The van der Waals surface area contributed by atoms with Gasteiger partial charge in [0.2, 0.25) is 0 Å². The number of nitrogens with one attached hydrogen (secondary N) is 1. The molecule has 0 aliphatic heterocycles. The summed E-state index contributed by atoms with van der Waals surface area (Å²) in [6.45, 7) is 0. The molecule has 0 amide bonds. The van der Waals surface area contributed by atoms with E-state index in [-0.39, 0.29) is 5.84 Å². The van der Waals surface area contributed by atoms with E-state index in [0.717, 1.165) is 55.1 Å². The third-order valence-corrected chi connectivity index (χ3v) is 9.64. The van der Waals surface area contributed by atoms with Crippen molar-refractivity contribution in [2.24, 2.45) is 9.98 Å². The van der Waals surface area contributed by atoms with Crippen molar-refractivity contribution in [3.8, 4) is 33.4 Å². The van der Waals surface area contributed by atoms with Crippen LogP contribution in [0, 0.1) is 5.41 Å². The van der Waals surface area contributed by atoms with E-state index >= 15 is 0 Å². The van der Waals surface area contributed by atoms with E-state index in [0.29, 0.717) is 17.0 Å². The van der Waals surface area contributed by atoms with Crippen molar-refractivity contribution in [2.75, 3.05) is 0 Å². The summed E-state index contributed by atoms with van der Waals surface area (Å²) in [6.07, 6.45) is 1.83. The molecule has 0 radical (unpaired) electrons. The summed E-state index contributed by atoms with van der Waals surface area (Å²) < 4.78 is 6.35. The molecule has 9 rings (SSSR count). The van der Waals surface area contributed by atoms with Crippen LogP contribution in [0.1, 0.15) is 16.7 Å². The lowest BCUT2D eigenvalue weighted by Crippen LogP contribution is -2.05. The minimum absolute atomic E-state index is 0.102. The number of rotatable bonds is 6. The summed E-state index contributed by atoms with van der Waals surface area (Å²) >= 11 is 0. The molecule has 4 heteroatoms. The topological polar surface area (TPSA) is 61.7 Å². The van der Waals surface area contributed by atoms with Gasteiger partial charge in [0.25, 0.3) is 0 Å². The predicted molar refractivity (Wildman–Crippen MR) is 221 cm³/mol. The Balaban J connectivity index is 1.13. The van der Waals surface area contributed by atoms with Gasteiger partial charge in [-0.15, -0.1) is 0 Å². The molecule has 250 valence electrons. The molecule has 1 aromatic heterocycles. The van der Waals surface area contributed by atoms with Crippen LogP contribution in [0.15, 0.2) is 202 Å². The molecular weight excluding hydrogens is 647 g/mol. The molecule has 0 unspecified atom stereocenters. The van der Waals surface area contributed by atoms with Gasteiger partial charge in [-0.25, -0.2) is 9.98 Å². The highest BCUT2D eigenvalue weighted by Gasteiger charge is 2.17. The first-order valence-electron chi connectivity index (χ1n) is 17.6. The van der Waals surface area contributed by atoms with Crippen molar-refractivity contribution in [1.82, 2.24) is 0 Å². The van der Waals surface area contributed by atoms with Crippen molar-refractivity contribution in [3.05, 3.63) is 205 Å². The average Bonchev–Trinajstić information content (AvgIpc) is 3.61. The molecule has 0 spiro atoms. The van der Waals surface area contributed by atoms with Crippen molar-refractivity contribution < 1.29 is 4.42 Å². The number of hydrogen-bond acceptors (Lipinski definition) is 2. The molecule has 0 aliphatic carbocycles. The number of nitrogens with zero attached hydrogens (tertiary/aromatic N) is 2. The van der Waals surface area contributed by atoms with Crippen LogP contribution in [0.2, 0.25) is 0 Å². The molecule has 0 bridgehead atoms. The lowest BCUT2D eigenvalue weighted by molar-refractivity contribution is 0.669. The molecule has 9 aromatic rings. The highest BCUT2D eigenvalue weighted by molar-refractivity contribution is 6.21. The van der Waals surface area contributed by atoms with Crippen LogP contribution in [0.5, 0.6) is 0 Å². The maximum Gasteiger partial charge on any atom is 0.161 e. The quantitative estimate of drug-likeness (QED) is 0.138. The normalized spacial score (nSPS) is 11.9. The molecule has 0 saturated heterocycles. The maximum absolute atomic E-state index is 9.52. The van der Waals surface area contributed by atoms with Gasteiger partial charge in [-0.3, -0.25) is 5.41 Å². The second-order valence-electron chi connectivity index (χ2n) is 13.0. The number of hydrogen-bond donors (Lipinski definition) is 1. The lowest BCUT2D eigenvalue weighted by atomic mass is 9.98. The van der Waals surface area contributed by atoms with E-state index in [4.69, 9.17) is 14.4 Å². The van der Waals surface area contributed by atoms with Gasteiger partial charge in [-0.1, -0.05) is 164 Å². The van der Waals surface area contributed by atoms with Crippen molar-refractivity contribution in [3.63, 3.8) is 0 Å². The molecule has 0 atom stereocenters. The van der Waals surface area contributed by atoms with Crippen molar-refractivity contribution in [1.29, 1.82) is 5.41 Å². The Morgan fingerprint density at radius 1 is 0.472 bits per heavy atom. The number of para-hydroxylation sites is 1. The van der Waals surface area contributed by atoms with Crippen LogP contribution >= 0.6 is 0 Å². The minimum atomic E-state index is 0.102. The van der Waals surface area contributed by atoms with Gasteiger partial charge in [0.1, 0.15) is 11.2 Å². The summed E-state index contributed by atoms with van der Waals surface area (Å²) in [5, 5.41) is 13.6. The van der Waals surface area contributed by atoms with Crippen LogP contribution in [-0.2, 0) is 0 Å². The van der Waals surface area contributed by atoms with Gasteiger partial charge in [0.05, 0.1) is 0 Å². The van der Waals surface area contributed by atoms with Crippen molar-refractivity contribution >= 4 is 50.6 Å². The standard InChI is InChI=1S/C49H33N3O/c50-48(44-30-42(35-13-5-2-6-14-35)31-46-47(44)43-17-9-10-18-45(43)53-46)52-49(51-32-33-19-20-36-15-7-8-16-41(36)29-33)40-27-25-39(26-28-40)38-23-21-37(22-24-38)34-11-3-1-4-12-34/h1-32,50H. The average molecular weight is 680 g/mol. The van der Waals surface area contributed by atoms with Gasteiger partial charge in [0.15, 0.2) is 11.7 Å². The van der Waals surface area contributed by atoms with Crippen LogP contribution < -0.4 is 0 Å². The number of fused-ring (bicyclic) bond motifs is 4. The van der Waals surface area contributed by atoms with Gasteiger partial charge < -0.3 is 4.42 Å². The summed E-state index contributed by atoms with van der Waals surface area (Å²) in [5.41, 5.74) is 10.5. The van der Waals surface area contributed by atoms with Crippen molar-refractivity contribution in [2.45, 2.75) is 0 Å². The molecule has 0 aliphatic rings. The first kappa shape index (κ1) is 31.8. The molecular formula is C49H33N3O. The molecule has 8 aromatic carbocycles. The smallest absolute Gasteiger partial charge is 0.161 e. The Morgan fingerprint density at radius 3 is 1.74 bits per heavy atom. The Kier molecular flexibility index (Phi) is 8.31. The molecule has 1 heterocycles. The Bertz CT molecular complexity index is 2810. The van der Waals surface area contributed by atoms with E-state index < -0.39 is 0 Å². The van der Waals surface area contributed by atoms with Crippen LogP contribution in [0.4, 0.5) is 0 Å². The second kappa shape index (κ2) is 13.9. The predicted octanol–water partition coefficient (Wildman–Crippen LogP) is 12.6. The summed E-state index contributed by atoms with van der Waals surface area (Å²) in [4.78, 5) is 9.93. The fourth-order valence-corrected chi connectivity index (χ4v) is 6.89. The SMILES string of the molecule is N=C(N=C(N=Cc1ccc2ccccc2c1)c1ccc(-c2ccc(-c3ccccc3)cc2)cc1)c1cc(-c2ccccc2)cc2oc3ccccc3c12. The number of amidine groups is 2. The van der Waals surface area contributed by atoms with Gasteiger partial charge in [0, 0.05) is 28.1 Å². The monoisotopic (exact) mass is 679 g/mol. The molecule has 4 nitrogen and oxygen atoms in total. The highest BCUT2D eigenvalue weighted by Crippen LogP contribution is 2.36. The molecule has 0 saturated carbocycles. The third-order valence-electron chi connectivity index (χ3n) is 9.64. The summed E-state index contributed by atoms with van der Waals surface area (Å²) in [6, 6.07) is 64.1. The Hall–Kier alpha value is -7.17. The zero-order valence-electron chi connectivity index (χ0n) is 28.8. The first-order valence-corrected chi connectivity index (χ1v) is 17.6. The van der Waals surface area contributed by atoms with E-state index in [9.17, 15) is 5.41 Å². The fraction of sp³-hybridized carbons (Fsp3) is 0. The van der Waals surface area contributed by atoms with Crippen LogP contribution in [0.3, 0.4) is 0 Å². The van der Waals surface area contributed by atoms with Gasteiger partial charge in [-0.2, -0.15) is 0 Å². The first-order chi connectivity index (χ1) is 26.2. The highest BCUT2D eigenvalue weighted by atomic mass is 16.3. The zero-order chi connectivity index (χ0) is 35.6. The number of furan rings is 1. The molecule has 53 heavy (non-hydrogen) atoms. The molecule has 0 fully saturated rings. The third kappa shape index (κ3) is 6.46. The fourth-order valence-electron chi connectivity index (χ4n) is 6.89. The van der Waals surface area contributed by atoms with E-state index in [1.165, 1.54) is 16.5 Å². The largest absolute Gasteiger partial charge is 0.456 e. The summed E-state index contributed by atoms with van der Waals surface area (Å²) in [5.74, 6) is 0.547. The van der Waals surface area contributed by atoms with Crippen LogP contribution in [-0.4, -0.2) is 17.9 Å². The second-order valence-corrected chi connectivity index (χ2v) is 13.0. The number of aliphatic imine (C=N–C) groups is 2. The zero-order valence-corrected chi connectivity index (χ0v) is 28.8. The van der Waals surface area contributed by atoms with Crippen LogP contribution in [0.25, 0.3) is 66.1 Å². The summed E-state index contributed by atoms with van der Waals surface area (Å²) in [7, 11) is 0. The Labute approximate surface area is 307 Å². The Morgan fingerprint density at radius 2 is 1.04 bits per heavy atom. The van der Waals surface area contributed by atoms with E-state index in [1.807, 2.05) is 85.1 Å². The van der Waals surface area contributed by atoms with E-state index in [2.05, 4.69) is 109 Å². The maximum atomic E-state index is 9.52. The van der Waals surface area contributed by atoms with Gasteiger partial charge >= 0.3 is 0 Å². The lowest BCUT2D eigenvalue weighted by Gasteiger charge is -2.09. The van der Waals surface area contributed by atoms with Gasteiger partial charge in [-0.05, 0) is 74.0 Å².